The number of hydrogen-bond donors (Lipinski definition) is 2. The summed E-state index contributed by atoms with van der Waals surface area (Å²) in [4.78, 5) is 11.1. The van der Waals surface area contributed by atoms with Crippen LogP contribution in [-0.4, -0.2) is 11.0 Å². The van der Waals surface area contributed by atoms with Crippen LogP contribution in [0.1, 0.15) is 0 Å². The van der Waals surface area contributed by atoms with Crippen molar-refractivity contribution in [2.75, 3.05) is 5.32 Å². The number of halogens is 1. The van der Waals surface area contributed by atoms with Crippen LogP contribution < -0.4 is 5.32 Å². The van der Waals surface area contributed by atoms with Crippen molar-refractivity contribution in [3.8, 4) is 5.75 Å². The van der Waals surface area contributed by atoms with Crippen molar-refractivity contribution in [2.45, 2.75) is 0 Å². The van der Waals surface area contributed by atoms with Gasteiger partial charge in [-0.2, -0.15) is 0 Å². The molecule has 0 saturated carbocycles. The third-order valence-corrected chi connectivity index (χ3v) is 1.73. The van der Waals surface area contributed by atoms with Gasteiger partial charge >= 0.3 is 0 Å². The lowest BCUT2D eigenvalue weighted by Crippen LogP contribution is -2.10. The highest BCUT2D eigenvalue weighted by molar-refractivity contribution is 9.12. The minimum Gasteiger partial charge on any atom is -0.508 e. The quantitative estimate of drug-likeness (QED) is 0.617. The van der Waals surface area contributed by atoms with Gasteiger partial charge in [-0.15, -0.1) is 0 Å². The Morgan fingerprint density at radius 2 is 1.92 bits per heavy atom. The van der Waals surface area contributed by atoms with E-state index in [2.05, 4.69) is 27.8 Å². The summed E-state index contributed by atoms with van der Waals surface area (Å²) in [6.45, 7) is 3.42. The van der Waals surface area contributed by atoms with Gasteiger partial charge in [-0.05, 0) is 40.2 Å². The van der Waals surface area contributed by atoms with Crippen LogP contribution in [0.4, 0.5) is 5.69 Å². The smallest absolute Gasteiger partial charge is 0.262 e. The standard InChI is InChI=1S/C9H8BrNO2/c1-6(10)9(13)11-7-2-4-8(12)5-3-7/h2-5,12H,1H2,(H,11,13). The van der Waals surface area contributed by atoms with Gasteiger partial charge in [0.1, 0.15) is 5.75 Å². The predicted octanol–water partition coefficient (Wildman–Crippen LogP) is 2.24. The fraction of sp³-hybridized carbons (Fsp3) is 0. The maximum atomic E-state index is 11.1. The zero-order chi connectivity index (χ0) is 9.84. The number of nitrogens with one attached hydrogen (secondary N) is 1. The Bertz CT molecular complexity index is 332. The second-order valence-corrected chi connectivity index (χ2v) is 3.36. The molecular weight excluding hydrogens is 234 g/mol. The number of phenolic OH excluding ortho intramolecular Hbond substituents is 1. The highest BCUT2D eigenvalue weighted by Crippen LogP contribution is 2.14. The van der Waals surface area contributed by atoms with Gasteiger partial charge in [0.25, 0.3) is 5.91 Å². The maximum Gasteiger partial charge on any atom is 0.262 e. The molecule has 13 heavy (non-hydrogen) atoms. The first-order chi connectivity index (χ1) is 6.09. The lowest BCUT2D eigenvalue weighted by molar-refractivity contribution is -0.112. The summed E-state index contributed by atoms with van der Waals surface area (Å²) in [5, 5.41) is 11.5. The van der Waals surface area contributed by atoms with Crippen molar-refractivity contribution in [2.24, 2.45) is 0 Å². The lowest BCUT2D eigenvalue weighted by atomic mass is 10.3. The number of rotatable bonds is 2. The molecular formula is C9H8BrNO2. The van der Waals surface area contributed by atoms with E-state index in [1.165, 1.54) is 12.1 Å². The van der Waals surface area contributed by atoms with Crippen LogP contribution in [0.25, 0.3) is 0 Å². The summed E-state index contributed by atoms with van der Waals surface area (Å²) >= 11 is 2.96. The number of anilines is 1. The second kappa shape index (κ2) is 4.09. The van der Waals surface area contributed by atoms with E-state index in [1.807, 2.05) is 0 Å². The van der Waals surface area contributed by atoms with Crippen molar-refractivity contribution in [1.29, 1.82) is 0 Å². The Kier molecular flexibility index (Phi) is 3.08. The van der Waals surface area contributed by atoms with E-state index >= 15 is 0 Å². The molecule has 3 nitrogen and oxygen atoms in total. The van der Waals surface area contributed by atoms with E-state index in [1.54, 1.807) is 12.1 Å². The number of phenols is 1. The normalized spacial score (nSPS) is 9.31. The van der Waals surface area contributed by atoms with Gasteiger partial charge in [-0.25, -0.2) is 0 Å². The average molecular weight is 242 g/mol. The van der Waals surface area contributed by atoms with E-state index in [0.29, 0.717) is 5.69 Å². The number of aromatic hydroxyl groups is 1. The topological polar surface area (TPSA) is 49.3 Å². The first-order valence-electron chi connectivity index (χ1n) is 3.54. The number of amides is 1. The summed E-state index contributed by atoms with van der Waals surface area (Å²) in [7, 11) is 0. The molecule has 1 amide bonds. The Morgan fingerprint density at radius 3 is 2.38 bits per heavy atom. The Labute approximate surface area is 84.2 Å². The van der Waals surface area contributed by atoms with Crippen LogP contribution in [0.5, 0.6) is 5.75 Å². The van der Waals surface area contributed by atoms with Gasteiger partial charge in [0, 0.05) is 5.69 Å². The molecule has 1 aromatic rings. The van der Waals surface area contributed by atoms with Crippen molar-refractivity contribution < 1.29 is 9.90 Å². The van der Waals surface area contributed by atoms with Crippen LogP contribution in [0, 0.1) is 0 Å². The van der Waals surface area contributed by atoms with E-state index in [4.69, 9.17) is 5.11 Å². The SMILES string of the molecule is C=C(Br)C(=O)Nc1ccc(O)cc1. The van der Waals surface area contributed by atoms with Gasteiger partial charge in [-0.3, -0.25) is 4.79 Å². The Balaban J connectivity index is 2.70. The van der Waals surface area contributed by atoms with Gasteiger partial charge < -0.3 is 10.4 Å². The molecule has 0 saturated heterocycles. The third kappa shape index (κ3) is 2.91. The minimum atomic E-state index is -0.300. The molecule has 1 rings (SSSR count). The molecule has 2 N–H and O–H groups in total. The minimum absolute atomic E-state index is 0.163. The molecule has 4 heteroatoms. The van der Waals surface area contributed by atoms with Crippen molar-refractivity contribution in [3.05, 3.63) is 35.3 Å². The lowest BCUT2D eigenvalue weighted by Gasteiger charge is -2.02. The molecule has 0 heterocycles. The fourth-order valence-electron chi connectivity index (χ4n) is 0.744. The van der Waals surface area contributed by atoms with Crippen molar-refractivity contribution >= 4 is 27.5 Å². The molecule has 0 fully saturated rings. The fourth-order valence-corrected chi connectivity index (χ4v) is 0.843. The number of hydrogen-bond acceptors (Lipinski definition) is 2. The number of carbonyl (C=O) groups excluding carboxylic acids is 1. The summed E-state index contributed by atoms with van der Waals surface area (Å²) in [5.74, 6) is -0.138. The summed E-state index contributed by atoms with van der Waals surface area (Å²) in [6, 6.07) is 6.19. The van der Waals surface area contributed by atoms with Crippen LogP contribution >= 0.6 is 15.9 Å². The molecule has 0 aromatic heterocycles. The molecule has 0 bridgehead atoms. The largest absolute Gasteiger partial charge is 0.508 e. The van der Waals surface area contributed by atoms with Gasteiger partial charge in [0.2, 0.25) is 0 Å². The highest BCUT2D eigenvalue weighted by Gasteiger charge is 2.02. The van der Waals surface area contributed by atoms with Crippen molar-refractivity contribution in [3.63, 3.8) is 0 Å². The molecule has 0 aliphatic rings. The monoisotopic (exact) mass is 241 g/mol. The molecule has 0 spiro atoms. The maximum absolute atomic E-state index is 11.1. The molecule has 0 aliphatic carbocycles. The first kappa shape index (κ1) is 9.80. The second-order valence-electron chi connectivity index (χ2n) is 2.41. The summed E-state index contributed by atoms with van der Waals surface area (Å²) in [6.07, 6.45) is 0. The van der Waals surface area contributed by atoms with E-state index in [0.717, 1.165) is 0 Å². The summed E-state index contributed by atoms with van der Waals surface area (Å²) in [5.41, 5.74) is 0.614. The Morgan fingerprint density at radius 1 is 1.38 bits per heavy atom. The zero-order valence-corrected chi connectivity index (χ0v) is 8.34. The van der Waals surface area contributed by atoms with Crippen LogP contribution in [-0.2, 0) is 4.79 Å². The predicted molar refractivity (Wildman–Crippen MR) is 54.8 cm³/mol. The molecule has 0 unspecified atom stereocenters. The average Bonchev–Trinajstić information content (AvgIpc) is 2.08. The Hall–Kier alpha value is -1.29. The van der Waals surface area contributed by atoms with Crippen molar-refractivity contribution in [1.82, 2.24) is 0 Å². The summed E-state index contributed by atoms with van der Waals surface area (Å²) < 4.78 is 0.264. The third-order valence-electron chi connectivity index (χ3n) is 1.37. The van der Waals surface area contributed by atoms with Crippen LogP contribution in [0.2, 0.25) is 0 Å². The van der Waals surface area contributed by atoms with Gasteiger partial charge in [-0.1, -0.05) is 6.58 Å². The number of carbonyl (C=O) groups is 1. The highest BCUT2D eigenvalue weighted by atomic mass is 79.9. The molecule has 68 valence electrons. The molecule has 0 atom stereocenters. The molecule has 0 radical (unpaired) electrons. The van der Waals surface area contributed by atoms with Gasteiger partial charge in [0.05, 0.1) is 4.48 Å². The van der Waals surface area contributed by atoms with E-state index < -0.39 is 0 Å². The van der Waals surface area contributed by atoms with Crippen LogP contribution in [0.3, 0.4) is 0 Å². The first-order valence-corrected chi connectivity index (χ1v) is 4.33. The molecule has 1 aromatic carbocycles. The van der Waals surface area contributed by atoms with Crippen LogP contribution in [0.15, 0.2) is 35.3 Å². The zero-order valence-electron chi connectivity index (χ0n) is 6.75. The van der Waals surface area contributed by atoms with Gasteiger partial charge in [0.15, 0.2) is 0 Å². The van der Waals surface area contributed by atoms with E-state index in [-0.39, 0.29) is 16.1 Å². The molecule has 0 aliphatic heterocycles. The number of benzene rings is 1. The van der Waals surface area contributed by atoms with E-state index in [9.17, 15) is 4.79 Å².